The molecule has 0 aliphatic heterocycles. The van der Waals surface area contributed by atoms with Gasteiger partial charge < -0.3 is 10.4 Å². The highest BCUT2D eigenvalue weighted by molar-refractivity contribution is 8.14. The number of thioether (sulfide) groups is 1. The molecule has 0 heterocycles. The van der Waals surface area contributed by atoms with E-state index in [9.17, 15) is 14.4 Å². The number of carbonyl (C=O) groups is 3. The van der Waals surface area contributed by atoms with Crippen LogP contribution in [0.5, 0.6) is 0 Å². The number of anilines is 1. The van der Waals surface area contributed by atoms with Crippen molar-refractivity contribution in [1.29, 1.82) is 0 Å². The minimum atomic E-state index is -1.05. The number of aromatic carboxylic acids is 1. The van der Waals surface area contributed by atoms with Gasteiger partial charge in [0.25, 0.3) is 0 Å². The van der Waals surface area contributed by atoms with Crippen molar-refractivity contribution in [2.45, 2.75) is 25.5 Å². The van der Waals surface area contributed by atoms with Crippen molar-refractivity contribution in [1.82, 2.24) is 0 Å². The molecule has 1 amide bonds. The molecule has 0 saturated heterocycles. The number of amides is 1. The van der Waals surface area contributed by atoms with Gasteiger partial charge in [-0.3, -0.25) is 9.59 Å². The lowest BCUT2D eigenvalue weighted by Gasteiger charge is -2.22. The van der Waals surface area contributed by atoms with Gasteiger partial charge in [-0.05, 0) is 30.2 Å². The molecule has 0 saturated carbocycles. The molecule has 5 nitrogen and oxygen atoms in total. The van der Waals surface area contributed by atoms with Crippen LogP contribution in [0.3, 0.4) is 0 Å². The molecule has 136 valence electrons. The first-order valence-electron chi connectivity index (χ1n) is 8.22. The third-order valence-corrected chi connectivity index (χ3v) is 4.96. The Hall–Kier alpha value is -2.60. The summed E-state index contributed by atoms with van der Waals surface area (Å²) in [4.78, 5) is 35.4. The van der Waals surface area contributed by atoms with Crippen LogP contribution < -0.4 is 5.32 Å². The normalized spacial score (nSPS) is 12.8. The smallest absolute Gasteiger partial charge is 0.335 e. The van der Waals surface area contributed by atoms with Crippen LogP contribution in [-0.2, 0) is 16.0 Å². The fraction of sp³-hybridized carbons (Fsp3) is 0.250. The highest BCUT2D eigenvalue weighted by atomic mass is 32.2. The van der Waals surface area contributed by atoms with Crippen LogP contribution in [0.2, 0.25) is 0 Å². The third kappa shape index (κ3) is 5.74. The van der Waals surface area contributed by atoms with Gasteiger partial charge in [0.05, 0.1) is 11.5 Å². The fourth-order valence-electron chi connectivity index (χ4n) is 2.65. The summed E-state index contributed by atoms with van der Waals surface area (Å²) in [5.41, 5.74) is 1.53. The topological polar surface area (TPSA) is 83.5 Å². The van der Waals surface area contributed by atoms with Gasteiger partial charge in [0, 0.05) is 17.9 Å². The Balaban J connectivity index is 2.20. The second-order valence-corrected chi connectivity index (χ2v) is 7.54. The molecule has 2 atom stereocenters. The Kier molecular flexibility index (Phi) is 6.97. The van der Waals surface area contributed by atoms with Crippen molar-refractivity contribution in [3.8, 4) is 0 Å². The van der Waals surface area contributed by atoms with Crippen molar-refractivity contribution in [2.24, 2.45) is 5.92 Å². The maximum atomic E-state index is 12.8. The molecule has 2 N–H and O–H groups in total. The molecule has 0 aliphatic rings. The van der Waals surface area contributed by atoms with Gasteiger partial charge in [-0.1, -0.05) is 55.1 Å². The standard InChI is InChI=1S/C20H21NO4S/c1-13(26-14(2)22)18(11-15-7-4-3-5-8-15)19(23)21-17-10-6-9-16(12-17)20(24)25/h3-10,12-13,18H,11H2,1-2H3,(H,21,23)(H,24,25). The predicted molar refractivity (Wildman–Crippen MR) is 103 cm³/mol. The van der Waals surface area contributed by atoms with E-state index in [-0.39, 0.29) is 21.8 Å². The maximum Gasteiger partial charge on any atom is 0.335 e. The summed E-state index contributed by atoms with van der Waals surface area (Å²) in [7, 11) is 0. The van der Waals surface area contributed by atoms with Crippen LogP contribution in [0.1, 0.15) is 29.8 Å². The molecule has 0 radical (unpaired) electrons. The van der Waals surface area contributed by atoms with Crippen molar-refractivity contribution in [2.75, 3.05) is 5.32 Å². The lowest BCUT2D eigenvalue weighted by Crippen LogP contribution is -2.32. The minimum absolute atomic E-state index is 0.0452. The molecule has 2 aromatic carbocycles. The van der Waals surface area contributed by atoms with E-state index >= 15 is 0 Å². The van der Waals surface area contributed by atoms with Crippen molar-refractivity contribution in [3.05, 3.63) is 65.7 Å². The van der Waals surface area contributed by atoms with Gasteiger partial charge in [0.15, 0.2) is 5.12 Å². The summed E-state index contributed by atoms with van der Waals surface area (Å²) in [5.74, 6) is -1.72. The molecule has 2 aromatic rings. The minimum Gasteiger partial charge on any atom is -0.478 e. The molecule has 0 fully saturated rings. The summed E-state index contributed by atoms with van der Waals surface area (Å²) in [5, 5.41) is 11.6. The summed E-state index contributed by atoms with van der Waals surface area (Å²) in [6, 6.07) is 15.7. The van der Waals surface area contributed by atoms with E-state index in [0.29, 0.717) is 12.1 Å². The monoisotopic (exact) mass is 371 g/mol. The number of carboxylic acid groups (broad SMARTS) is 1. The Labute approximate surface area is 156 Å². The van der Waals surface area contributed by atoms with Gasteiger partial charge in [0.1, 0.15) is 0 Å². The molecule has 0 bridgehead atoms. The number of benzene rings is 2. The average Bonchev–Trinajstić information content (AvgIpc) is 2.60. The highest BCUT2D eigenvalue weighted by Gasteiger charge is 2.27. The second-order valence-electron chi connectivity index (χ2n) is 5.99. The first kappa shape index (κ1) is 19.7. The van der Waals surface area contributed by atoms with E-state index in [0.717, 1.165) is 17.3 Å². The Morgan fingerprint density at radius 2 is 1.77 bits per heavy atom. The van der Waals surface area contributed by atoms with Crippen LogP contribution in [0.4, 0.5) is 5.69 Å². The summed E-state index contributed by atoms with van der Waals surface area (Å²) >= 11 is 1.13. The van der Waals surface area contributed by atoms with E-state index in [1.807, 2.05) is 37.3 Å². The molecule has 0 aliphatic carbocycles. The Bertz CT molecular complexity index is 791. The van der Waals surface area contributed by atoms with E-state index in [1.165, 1.54) is 19.1 Å². The van der Waals surface area contributed by atoms with Gasteiger partial charge in [0.2, 0.25) is 5.91 Å². The van der Waals surface area contributed by atoms with Gasteiger partial charge in [-0.15, -0.1) is 0 Å². The summed E-state index contributed by atoms with van der Waals surface area (Å²) in [6.07, 6.45) is 0.493. The first-order chi connectivity index (χ1) is 12.4. The maximum absolute atomic E-state index is 12.8. The molecule has 2 unspecified atom stereocenters. The second kappa shape index (κ2) is 9.20. The molecular weight excluding hydrogens is 350 g/mol. The molecule has 26 heavy (non-hydrogen) atoms. The Morgan fingerprint density at radius 3 is 2.38 bits per heavy atom. The number of nitrogens with one attached hydrogen (secondary N) is 1. The molecule has 6 heteroatoms. The number of carbonyl (C=O) groups excluding carboxylic acids is 2. The molecular formula is C20H21NO4S. The number of hydrogen-bond donors (Lipinski definition) is 2. The van der Waals surface area contributed by atoms with Crippen LogP contribution in [0, 0.1) is 5.92 Å². The van der Waals surface area contributed by atoms with Crippen molar-refractivity contribution < 1.29 is 19.5 Å². The largest absolute Gasteiger partial charge is 0.478 e. The lowest BCUT2D eigenvalue weighted by molar-refractivity contribution is -0.119. The van der Waals surface area contributed by atoms with Crippen molar-refractivity contribution in [3.63, 3.8) is 0 Å². The van der Waals surface area contributed by atoms with Gasteiger partial charge in [-0.25, -0.2) is 4.79 Å². The average molecular weight is 371 g/mol. The van der Waals surface area contributed by atoms with Crippen molar-refractivity contribution >= 4 is 34.4 Å². The van der Waals surface area contributed by atoms with E-state index in [2.05, 4.69) is 5.32 Å². The number of rotatable bonds is 7. The summed E-state index contributed by atoms with van der Waals surface area (Å²) < 4.78 is 0. The predicted octanol–water partition coefficient (Wildman–Crippen LogP) is 3.85. The molecule has 0 aromatic heterocycles. The number of carboxylic acids is 1. The Morgan fingerprint density at radius 1 is 1.08 bits per heavy atom. The lowest BCUT2D eigenvalue weighted by atomic mass is 9.95. The van der Waals surface area contributed by atoms with Gasteiger partial charge in [-0.2, -0.15) is 0 Å². The van der Waals surface area contributed by atoms with Crippen LogP contribution >= 0.6 is 11.8 Å². The highest BCUT2D eigenvalue weighted by Crippen LogP contribution is 2.25. The van der Waals surface area contributed by atoms with Crippen LogP contribution in [0.15, 0.2) is 54.6 Å². The fourth-order valence-corrected chi connectivity index (χ4v) is 3.56. The van der Waals surface area contributed by atoms with Crippen LogP contribution in [-0.4, -0.2) is 27.3 Å². The zero-order valence-corrected chi connectivity index (χ0v) is 15.5. The van der Waals surface area contributed by atoms with E-state index < -0.39 is 11.9 Å². The number of hydrogen-bond acceptors (Lipinski definition) is 4. The van der Waals surface area contributed by atoms with Crippen LogP contribution in [0.25, 0.3) is 0 Å². The zero-order valence-electron chi connectivity index (χ0n) is 14.6. The first-order valence-corrected chi connectivity index (χ1v) is 9.10. The van der Waals surface area contributed by atoms with Gasteiger partial charge >= 0.3 is 5.97 Å². The SMILES string of the molecule is CC(=O)SC(C)C(Cc1ccccc1)C(=O)Nc1cccc(C(=O)O)c1. The molecule has 0 spiro atoms. The van der Waals surface area contributed by atoms with E-state index in [1.54, 1.807) is 12.1 Å². The third-order valence-electron chi connectivity index (χ3n) is 3.93. The molecule has 2 rings (SSSR count). The summed E-state index contributed by atoms with van der Waals surface area (Å²) in [6.45, 7) is 3.34. The zero-order chi connectivity index (χ0) is 19.1. The van der Waals surface area contributed by atoms with E-state index in [4.69, 9.17) is 5.11 Å². The quantitative estimate of drug-likeness (QED) is 0.772.